The van der Waals surface area contributed by atoms with Crippen LogP contribution in [0.25, 0.3) is 0 Å². The molecule has 0 spiro atoms. The Balaban J connectivity index is 1.55. The molecule has 0 unspecified atom stereocenters. The number of sulfonamides is 1. The number of carbonyl (C=O) groups is 2. The van der Waals surface area contributed by atoms with Crippen LogP contribution < -0.4 is 10.0 Å². The van der Waals surface area contributed by atoms with Gasteiger partial charge in [0.05, 0.1) is 4.90 Å². The highest BCUT2D eigenvalue weighted by Gasteiger charge is 2.26. The lowest BCUT2D eigenvalue weighted by atomic mass is 10.1. The molecule has 3 rings (SSSR count). The Kier molecular flexibility index (Phi) is 7.56. The first-order valence-electron chi connectivity index (χ1n) is 11.0. The Labute approximate surface area is 190 Å². The third-order valence-electron chi connectivity index (χ3n) is 5.97. The second kappa shape index (κ2) is 10.2. The second-order valence-corrected chi connectivity index (χ2v) is 9.91. The van der Waals surface area contributed by atoms with Gasteiger partial charge in [-0.25, -0.2) is 8.42 Å². The van der Waals surface area contributed by atoms with Crippen molar-refractivity contribution < 1.29 is 18.0 Å². The maximum Gasteiger partial charge on any atom is 0.261 e. The van der Waals surface area contributed by atoms with E-state index in [0.717, 1.165) is 30.5 Å². The molecule has 1 saturated heterocycles. The van der Waals surface area contributed by atoms with Crippen LogP contribution in [0.4, 0.5) is 5.69 Å². The van der Waals surface area contributed by atoms with Crippen LogP contribution in [0, 0.1) is 13.8 Å². The number of aryl methyl sites for hydroxylation is 2. The Bertz CT molecular complexity index is 1080. The maximum atomic E-state index is 12.6. The lowest BCUT2D eigenvalue weighted by Gasteiger charge is -2.26. The second-order valence-electron chi connectivity index (χ2n) is 8.23. The number of carbonyl (C=O) groups excluding carboxylic acids is 2. The molecule has 0 aromatic heterocycles. The van der Waals surface area contributed by atoms with Gasteiger partial charge < -0.3 is 10.2 Å². The van der Waals surface area contributed by atoms with Crippen molar-refractivity contribution in [2.24, 2.45) is 0 Å². The average molecular weight is 458 g/mol. The van der Waals surface area contributed by atoms with Gasteiger partial charge in [0.25, 0.3) is 15.9 Å². The number of hydrogen-bond acceptors (Lipinski definition) is 4. The zero-order valence-electron chi connectivity index (χ0n) is 18.8. The fourth-order valence-corrected chi connectivity index (χ4v) is 5.02. The number of nitrogens with one attached hydrogen (secondary N) is 2. The van der Waals surface area contributed by atoms with E-state index in [2.05, 4.69) is 17.0 Å². The van der Waals surface area contributed by atoms with E-state index in [-0.39, 0.29) is 22.8 Å². The van der Waals surface area contributed by atoms with Crippen LogP contribution in [-0.2, 0) is 14.8 Å². The topological polar surface area (TPSA) is 95.6 Å². The van der Waals surface area contributed by atoms with E-state index in [9.17, 15) is 18.0 Å². The van der Waals surface area contributed by atoms with Gasteiger partial charge in [0.2, 0.25) is 5.91 Å². The molecule has 8 heteroatoms. The molecule has 1 aliphatic heterocycles. The monoisotopic (exact) mass is 457 g/mol. The van der Waals surface area contributed by atoms with E-state index < -0.39 is 10.0 Å². The maximum absolute atomic E-state index is 12.6. The molecule has 1 aliphatic rings. The van der Waals surface area contributed by atoms with Crippen LogP contribution in [0.15, 0.2) is 47.4 Å². The van der Waals surface area contributed by atoms with E-state index in [1.807, 2.05) is 18.7 Å². The summed E-state index contributed by atoms with van der Waals surface area (Å²) in [5.74, 6) is -0.0295. The van der Waals surface area contributed by atoms with Crippen molar-refractivity contribution in [3.63, 3.8) is 0 Å². The summed E-state index contributed by atoms with van der Waals surface area (Å²) in [4.78, 5) is 26.5. The number of hydrogen-bond donors (Lipinski definition) is 2. The molecule has 1 atom stereocenters. The molecule has 2 amide bonds. The van der Waals surface area contributed by atoms with Gasteiger partial charge in [-0.3, -0.25) is 14.3 Å². The van der Waals surface area contributed by atoms with E-state index >= 15 is 0 Å². The molecule has 0 saturated carbocycles. The number of benzene rings is 2. The molecular formula is C24H31N3O4S. The molecular weight excluding hydrogens is 426 g/mol. The van der Waals surface area contributed by atoms with Gasteiger partial charge in [0.1, 0.15) is 0 Å². The molecule has 1 heterocycles. The summed E-state index contributed by atoms with van der Waals surface area (Å²) in [6, 6.07) is 11.5. The summed E-state index contributed by atoms with van der Waals surface area (Å²) in [5.41, 5.74) is 2.76. The van der Waals surface area contributed by atoms with Gasteiger partial charge in [-0.1, -0.05) is 13.0 Å². The smallest absolute Gasteiger partial charge is 0.261 e. The first-order valence-corrected chi connectivity index (χ1v) is 12.5. The number of rotatable bonds is 9. The number of amides is 2. The Hall–Kier alpha value is -2.87. The summed E-state index contributed by atoms with van der Waals surface area (Å²) in [6.45, 7) is 7.12. The molecule has 0 aliphatic carbocycles. The van der Waals surface area contributed by atoms with Crippen molar-refractivity contribution >= 4 is 27.5 Å². The Morgan fingerprint density at radius 2 is 1.81 bits per heavy atom. The van der Waals surface area contributed by atoms with Crippen LogP contribution in [0.3, 0.4) is 0 Å². The Morgan fingerprint density at radius 1 is 1.09 bits per heavy atom. The zero-order chi connectivity index (χ0) is 23.3. The summed E-state index contributed by atoms with van der Waals surface area (Å²) in [6.07, 6.45) is 3.09. The molecule has 2 N–H and O–H groups in total. The molecule has 172 valence electrons. The van der Waals surface area contributed by atoms with Crippen molar-refractivity contribution in [2.45, 2.75) is 57.4 Å². The van der Waals surface area contributed by atoms with Crippen LogP contribution in [0.1, 0.15) is 54.1 Å². The van der Waals surface area contributed by atoms with Gasteiger partial charge in [0, 0.05) is 36.8 Å². The van der Waals surface area contributed by atoms with Crippen LogP contribution in [0.5, 0.6) is 0 Å². The molecule has 2 aromatic carbocycles. The van der Waals surface area contributed by atoms with Gasteiger partial charge in [-0.05, 0) is 80.6 Å². The third kappa shape index (κ3) is 5.68. The Morgan fingerprint density at radius 3 is 2.41 bits per heavy atom. The van der Waals surface area contributed by atoms with Crippen molar-refractivity contribution in [1.29, 1.82) is 0 Å². The van der Waals surface area contributed by atoms with Crippen LogP contribution in [-0.4, -0.2) is 44.3 Å². The van der Waals surface area contributed by atoms with E-state index in [1.54, 1.807) is 42.5 Å². The largest absolute Gasteiger partial charge is 0.352 e. The minimum Gasteiger partial charge on any atom is -0.352 e. The first-order chi connectivity index (χ1) is 15.2. The predicted molar refractivity (Wildman–Crippen MR) is 125 cm³/mol. The molecule has 32 heavy (non-hydrogen) atoms. The normalized spacial score (nSPS) is 15.0. The van der Waals surface area contributed by atoms with Crippen LogP contribution in [0.2, 0.25) is 0 Å². The lowest BCUT2D eigenvalue weighted by molar-refractivity contribution is -0.129. The molecule has 2 aromatic rings. The van der Waals surface area contributed by atoms with Gasteiger partial charge in [0.15, 0.2) is 0 Å². The fourth-order valence-electron chi connectivity index (χ4n) is 3.87. The number of anilines is 1. The highest BCUT2D eigenvalue weighted by molar-refractivity contribution is 7.92. The zero-order valence-corrected chi connectivity index (χ0v) is 19.7. The highest BCUT2D eigenvalue weighted by Crippen LogP contribution is 2.20. The third-order valence-corrected chi connectivity index (χ3v) is 7.35. The molecule has 1 fully saturated rings. The van der Waals surface area contributed by atoms with E-state index in [0.29, 0.717) is 30.6 Å². The van der Waals surface area contributed by atoms with Crippen LogP contribution >= 0.6 is 0 Å². The average Bonchev–Trinajstić information content (AvgIpc) is 3.19. The van der Waals surface area contributed by atoms with Gasteiger partial charge >= 0.3 is 0 Å². The number of nitrogens with zero attached hydrogens (tertiary/aromatic N) is 1. The van der Waals surface area contributed by atoms with Crippen molar-refractivity contribution in [3.05, 3.63) is 59.2 Å². The minimum absolute atomic E-state index is 0.146. The molecule has 7 nitrogen and oxygen atoms in total. The summed E-state index contributed by atoms with van der Waals surface area (Å²) in [7, 11) is -3.71. The summed E-state index contributed by atoms with van der Waals surface area (Å²) < 4.78 is 27.8. The molecule has 0 bridgehead atoms. The predicted octanol–water partition coefficient (Wildman–Crippen LogP) is 3.63. The summed E-state index contributed by atoms with van der Waals surface area (Å²) >= 11 is 0. The van der Waals surface area contributed by atoms with Crippen molar-refractivity contribution in [3.8, 4) is 0 Å². The highest BCUT2D eigenvalue weighted by atomic mass is 32.2. The quantitative estimate of drug-likeness (QED) is 0.601. The van der Waals surface area contributed by atoms with Gasteiger partial charge in [-0.15, -0.1) is 0 Å². The fraction of sp³-hybridized carbons (Fsp3) is 0.417. The molecule has 0 radical (unpaired) electrons. The summed E-state index contributed by atoms with van der Waals surface area (Å²) in [5, 5.41) is 2.89. The number of likely N-dealkylation sites (tertiary alicyclic amines) is 1. The lowest BCUT2D eigenvalue weighted by Crippen LogP contribution is -2.38. The van der Waals surface area contributed by atoms with Crippen molar-refractivity contribution in [1.82, 2.24) is 10.2 Å². The van der Waals surface area contributed by atoms with E-state index in [1.165, 1.54) is 0 Å². The first kappa shape index (κ1) is 23.8. The standard InChI is InChI=1S/C24H31N3O4S/c1-4-21(27-15-5-6-23(27)28)13-14-25-24(29)19-8-10-20(11-9-19)26-32(30,31)22-12-7-17(2)18(3)16-22/h7-12,16,21,26H,4-6,13-15H2,1-3H3,(H,25,29)/t21-/m1/s1. The minimum atomic E-state index is -3.71. The van der Waals surface area contributed by atoms with E-state index in [4.69, 9.17) is 0 Å². The van der Waals surface area contributed by atoms with Crippen molar-refractivity contribution in [2.75, 3.05) is 17.8 Å². The van der Waals surface area contributed by atoms with Gasteiger partial charge in [-0.2, -0.15) is 0 Å². The SMILES string of the molecule is CC[C@H](CCNC(=O)c1ccc(NS(=O)(=O)c2ccc(C)c(C)c2)cc1)N1CCCC1=O.